The summed E-state index contributed by atoms with van der Waals surface area (Å²) in [5.41, 5.74) is 0.139. The summed E-state index contributed by atoms with van der Waals surface area (Å²) in [7, 11) is 0. The highest BCUT2D eigenvalue weighted by Gasteiger charge is 2.50. The van der Waals surface area contributed by atoms with Crippen molar-refractivity contribution in [3.8, 4) is 11.8 Å². The molecule has 2 N–H and O–H groups in total. The van der Waals surface area contributed by atoms with Crippen LogP contribution in [0.4, 0.5) is 0 Å². The molecule has 0 aromatic heterocycles. The molecule has 1 rings (SSSR count). The number of rotatable bonds is 3. The Bertz CT molecular complexity index is 567. The van der Waals surface area contributed by atoms with Crippen molar-refractivity contribution in [1.82, 2.24) is 0 Å². The minimum Gasteiger partial charge on any atom is -0.392 e. The van der Waals surface area contributed by atoms with E-state index in [0.29, 0.717) is 29.9 Å². The number of allylic oxidation sites excluding steroid dienone is 2. The maximum atomic E-state index is 12.4. The lowest BCUT2D eigenvalue weighted by molar-refractivity contribution is -0.122. The number of Topliss-reactive ketones (excluding diaryl/α,β-unsaturated/α-hetero) is 1. The van der Waals surface area contributed by atoms with Gasteiger partial charge in [-0.1, -0.05) is 39.5 Å². The summed E-state index contributed by atoms with van der Waals surface area (Å²) in [6, 6.07) is 0. The van der Waals surface area contributed by atoms with Crippen LogP contribution in [0.3, 0.4) is 0 Å². The smallest absolute Gasteiger partial charge is 0.159 e. The Morgan fingerprint density at radius 1 is 1.41 bits per heavy atom. The molecule has 0 bridgehead atoms. The number of carbonyl (C=O) groups excluding carboxylic acids is 1. The molecule has 0 aromatic rings. The van der Waals surface area contributed by atoms with E-state index in [1.54, 1.807) is 13.0 Å². The van der Waals surface area contributed by atoms with Gasteiger partial charge in [-0.15, -0.1) is 0 Å². The molecule has 1 atom stereocenters. The summed E-state index contributed by atoms with van der Waals surface area (Å²) in [6.45, 7) is 11.4. The zero-order valence-electron chi connectivity index (χ0n) is 14.6. The second-order valence-corrected chi connectivity index (χ2v) is 7.22. The van der Waals surface area contributed by atoms with Crippen LogP contribution < -0.4 is 0 Å². The molecule has 22 heavy (non-hydrogen) atoms. The van der Waals surface area contributed by atoms with Gasteiger partial charge in [0.15, 0.2) is 11.4 Å². The van der Waals surface area contributed by atoms with E-state index in [0.717, 1.165) is 5.57 Å². The van der Waals surface area contributed by atoms with E-state index in [4.69, 9.17) is 5.11 Å². The maximum Gasteiger partial charge on any atom is 0.159 e. The summed E-state index contributed by atoms with van der Waals surface area (Å²) in [6.07, 6.45) is 2.56. The van der Waals surface area contributed by atoms with Gasteiger partial charge in [-0.2, -0.15) is 0 Å². The normalized spacial score (nSPS) is 25.3. The third-order valence-electron chi connectivity index (χ3n) is 4.36. The highest BCUT2D eigenvalue weighted by atomic mass is 16.3. The van der Waals surface area contributed by atoms with Gasteiger partial charge in [-0.05, 0) is 49.0 Å². The molecular formula is C19H28O3. The van der Waals surface area contributed by atoms with Crippen LogP contribution in [0.25, 0.3) is 0 Å². The van der Waals surface area contributed by atoms with Crippen molar-refractivity contribution in [2.24, 2.45) is 11.3 Å². The average molecular weight is 304 g/mol. The van der Waals surface area contributed by atoms with Crippen molar-refractivity contribution in [3.63, 3.8) is 0 Å². The molecule has 0 saturated heterocycles. The molecule has 0 spiro atoms. The maximum absolute atomic E-state index is 12.4. The van der Waals surface area contributed by atoms with Crippen molar-refractivity contribution >= 4 is 5.78 Å². The fourth-order valence-corrected chi connectivity index (χ4v) is 2.89. The van der Waals surface area contributed by atoms with E-state index >= 15 is 0 Å². The highest BCUT2D eigenvalue weighted by molar-refractivity contribution is 5.98. The van der Waals surface area contributed by atoms with Gasteiger partial charge < -0.3 is 10.2 Å². The summed E-state index contributed by atoms with van der Waals surface area (Å²) in [5, 5.41) is 20.1. The molecule has 0 heterocycles. The Hall–Kier alpha value is -1.37. The Balaban J connectivity index is 3.41. The first-order valence-electron chi connectivity index (χ1n) is 7.81. The summed E-state index contributed by atoms with van der Waals surface area (Å²) < 4.78 is 0. The monoisotopic (exact) mass is 304 g/mol. The predicted octanol–water partition coefficient (Wildman–Crippen LogP) is 3.02. The molecule has 0 aromatic carbocycles. The van der Waals surface area contributed by atoms with Gasteiger partial charge in [-0.25, -0.2) is 0 Å². The molecule has 1 aliphatic rings. The van der Waals surface area contributed by atoms with Crippen LogP contribution in [0.1, 0.15) is 54.4 Å². The van der Waals surface area contributed by atoms with Gasteiger partial charge >= 0.3 is 0 Å². The molecule has 3 heteroatoms. The fraction of sp³-hybridized carbons (Fsp3) is 0.632. The van der Waals surface area contributed by atoms with E-state index < -0.39 is 11.0 Å². The minimum absolute atomic E-state index is 0.0752. The molecule has 1 aliphatic carbocycles. The quantitative estimate of drug-likeness (QED) is 0.788. The lowest BCUT2D eigenvalue weighted by Gasteiger charge is -2.44. The first-order valence-corrected chi connectivity index (χ1v) is 7.81. The lowest BCUT2D eigenvalue weighted by atomic mass is 9.62. The van der Waals surface area contributed by atoms with Gasteiger partial charge in [0.2, 0.25) is 0 Å². The standard InChI is InChI=1S/C19H28O3/c1-13(2)11-16-15(4)19(22,9-7-14(3)8-10-20)18(5,6)12-17(16)21/h8,13,20,22H,10-12H2,1-6H3. The number of ketones is 1. The third-order valence-corrected chi connectivity index (χ3v) is 4.36. The molecule has 122 valence electrons. The topological polar surface area (TPSA) is 57.5 Å². The Morgan fingerprint density at radius 3 is 2.50 bits per heavy atom. The van der Waals surface area contributed by atoms with E-state index in [1.165, 1.54) is 0 Å². The molecule has 0 saturated carbocycles. The molecule has 3 nitrogen and oxygen atoms in total. The summed E-state index contributed by atoms with van der Waals surface area (Å²) in [4.78, 5) is 12.4. The van der Waals surface area contributed by atoms with Crippen LogP contribution in [-0.2, 0) is 4.79 Å². The van der Waals surface area contributed by atoms with Gasteiger partial charge in [0.25, 0.3) is 0 Å². The second-order valence-electron chi connectivity index (χ2n) is 7.22. The predicted molar refractivity (Wildman–Crippen MR) is 89.1 cm³/mol. The van der Waals surface area contributed by atoms with Crippen LogP contribution in [0.2, 0.25) is 0 Å². The average Bonchev–Trinajstić information content (AvgIpc) is 2.39. The molecular weight excluding hydrogens is 276 g/mol. The fourth-order valence-electron chi connectivity index (χ4n) is 2.89. The van der Waals surface area contributed by atoms with Gasteiger partial charge in [0, 0.05) is 11.8 Å². The Labute approximate surface area is 134 Å². The molecule has 1 unspecified atom stereocenters. The zero-order chi connectivity index (χ0) is 17.1. The van der Waals surface area contributed by atoms with Crippen LogP contribution in [0.5, 0.6) is 0 Å². The molecule has 0 amide bonds. The van der Waals surface area contributed by atoms with Crippen LogP contribution in [0, 0.1) is 23.2 Å². The van der Waals surface area contributed by atoms with Crippen molar-refractivity contribution < 1.29 is 15.0 Å². The van der Waals surface area contributed by atoms with Crippen LogP contribution in [-0.4, -0.2) is 28.2 Å². The number of hydrogen-bond donors (Lipinski definition) is 2. The van der Waals surface area contributed by atoms with Crippen molar-refractivity contribution in [3.05, 3.63) is 22.8 Å². The summed E-state index contributed by atoms with van der Waals surface area (Å²) in [5.74, 6) is 6.35. The van der Waals surface area contributed by atoms with Crippen molar-refractivity contribution in [2.45, 2.75) is 60.0 Å². The second kappa shape index (κ2) is 6.81. The molecule has 0 fully saturated rings. The first kappa shape index (κ1) is 18.7. The summed E-state index contributed by atoms with van der Waals surface area (Å²) >= 11 is 0. The van der Waals surface area contributed by atoms with E-state index in [9.17, 15) is 9.90 Å². The molecule has 0 radical (unpaired) electrons. The first-order chi connectivity index (χ1) is 10.0. The van der Waals surface area contributed by atoms with Crippen molar-refractivity contribution in [2.75, 3.05) is 6.61 Å². The van der Waals surface area contributed by atoms with Crippen LogP contribution >= 0.6 is 0 Å². The Morgan fingerprint density at radius 2 is 2.00 bits per heavy atom. The van der Waals surface area contributed by atoms with E-state index in [1.807, 2.05) is 20.8 Å². The Kier molecular flexibility index (Phi) is 5.78. The van der Waals surface area contributed by atoms with E-state index in [-0.39, 0.29) is 12.4 Å². The van der Waals surface area contributed by atoms with E-state index in [2.05, 4.69) is 25.7 Å². The number of aliphatic hydroxyl groups is 2. The largest absolute Gasteiger partial charge is 0.392 e. The molecule has 0 aliphatic heterocycles. The number of hydrogen-bond acceptors (Lipinski definition) is 3. The van der Waals surface area contributed by atoms with Gasteiger partial charge in [0.05, 0.1) is 6.61 Å². The zero-order valence-corrected chi connectivity index (χ0v) is 14.6. The van der Waals surface area contributed by atoms with Crippen molar-refractivity contribution in [1.29, 1.82) is 0 Å². The number of carbonyl (C=O) groups is 1. The highest BCUT2D eigenvalue weighted by Crippen LogP contribution is 2.46. The minimum atomic E-state index is -1.32. The van der Waals surface area contributed by atoms with Crippen LogP contribution in [0.15, 0.2) is 22.8 Å². The number of aliphatic hydroxyl groups excluding tert-OH is 1. The SMILES string of the molecule is CC(C#CC1(O)C(C)=C(CC(C)C)C(=O)CC1(C)C)=CCO. The van der Waals surface area contributed by atoms with Gasteiger partial charge in [-0.3, -0.25) is 4.79 Å². The third kappa shape index (κ3) is 3.69. The van der Waals surface area contributed by atoms with Gasteiger partial charge in [0.1, 0.15) is 0 Å². The lowest BCUT2D eigenvalue weighted by Crippen LogP contribution is -2.50.